The molecule has 0 spiro atoms. The van der Waals surface area contributed by atoms with Gasteiger partial charge in [-0.2, -0.15) is 0 Å². The monoisotopic (exact) mass is 419 g/mol. The van der Waals surface area contributed by atoms with Crippen molar-refractivity contribution in [2.45, 2.75) is 20.8 Å². The fourth-order valence-corrected chi connectivity index (χ4v) is 5.97. The van der Waals surface area contributed by atoms with Crippen molar-refractivity contribution in [1.82, 2.24) is 4.98 Å². The summed E-state index contributed by atoms with van der Waals surface area (Å²) in [4.78, 5) is 6.11. The molecule has 0 radical (unpaired) electrons. The van der Waals surface area contributed by atoms with Gasteiger partial charge in [0.2, 0.25) is 0 Å². The number of nitrogens with zero attached hydrogens (tertiary/aromatic N) is 1. The van der Waals surface area contributed by atoms with Crippen LogP contribution in [0.2, 0.25) is 0 Å². The highest BCUT2D eigenvalue weighted by Crippen LogP contribution is 2.40. The zero-order valence-corrected chi connectivity index (χ0v) is 18.5. The lowest BCUT2D eigenvalue weighted by Crippen LogP contribution is -1.87. The molecule has 2 nitrogen and oxygen atoms in total. The second-order valence-electron chi connectivity index (χ2n) is 8.27. The first kappa shape index (κ1) is 18.3. The van der Waals surface area contributed by atoms with E-state index >= 15 is 0 Å². The van der Waals surface area contributed by atoms with Crippen LogP contribution < -0.4 is 0 Å². The number of hydrogen-bond acceptors (Lipinski definition) is 3. The molecule has 31 heavy (non-hydrogen) atoms. The third kappa shape index (κ3) is 2.88. The van der Waals surface area contributed by atoms with E-state index in [0.717, 1.165) is 33.2 Å². The summed E-state index contributed by atoms with van der Waals surface area (Å²) in [6, 6.07) is 23.5. The van der Waals surface area contributed by atoms with Gasteiger partial charge >= 0.3 is 0 Å². The van der Waals surface area contributed by atoms with Gasteiger partial charge in [-0.05, 0) is 61.7 Å². The molecule has 3 heterocycles. The van der Waals surface area contributed by atoms with Crippen LogP contribution in [0.4, 0.5) is 0 Å². The first-order valence-corrected chi connectivity index (χ1v) is 11.3. The van der Waals surface area contributed by atoms with Gasteiger partial charge in [-0.25, -0.2) is 0 Å². The Morgan fingerprint density at radius 2 is 1.58 bits per heavy atom. The average molecular weight is 420 g/mol. The number of fused-ring (bicyclic) bond motifs is 4. The molecule has 0 saturated heterocycles. The van der Waals surface area contributed by atoms with Gasteiger partial charge < -0.3 is 4.42 Å². The molecular weight excluding hydrogens is 398 g/mol. The number of aryl methyl sites for hydroxylation is 3. The van der Waals surface area contributed by atoms with Crippen LogP contribution in [-0.4, -0.2) is 4.98 Å². The lowest BCUT2D eigenvalue weighted by atomic mass is 9.98. The summed E-state index contributed by atoms with van der Waals surface area (Å²) in [7, 11) is 0. The van der Waals surface area contributed by atoms with E-state index in [1.54, 1.807) is 0 Å². The summed E-state index contributed by atoms with van der Waals surface area (Å²) in [6.45, 7) is 6.56. The maximum atomic E-state index is 6.23. The van der Waals surface area contributed by atoms with Crippen molar-refractivity contribution in [3.8, 4) is 21.7 Å². The molecule has 0 atom stereocenters. The van der Waals surface area contributed by atoms with Crippen LogP contribution in [0.1, 0.15) is 16.7 Å². The number of para-hydroxylation sites is 2. The number of thiophene rings is 1. The molecule has 0 saturated carbocycles. The zero-order valence-electron chi connectivity index (χ0n) is 17.7. The minimum absolute atomic E-state index is 0.901. The van der Waals surface area contributed by atoms with Crippen molar-refractivity contribution >= 4 is 43.4 Å². The van der Waals surface area contributed by atoms with E-state index in [2.05, 4.69) is 75.4 Å². The summed E-state index contributed by atoms with van der Waals surface area (Å²) >= 11 is 1.83. The number of hydrogen-bond donors (Lipinski definition) is 0. The van der Waals surface area contributed by atoms with Crippen LogP contribution in [-0.2, 0) is 0 Å². The van der Waals surface area contributed by atoms with E-state index in [9.17, 15) is 0 Å². The van der Waals surface area contributed by atoms with Crippen LogP contribution in [0.5, 0.6) is 0 Å². The van der Waals surface area contributed by atoms with E-state index in [1.807, 2.05) is 29.7 Å². The van der Waals surface area contributed by atoms with Crippen molar-refractivity contribution in [3.63, 3.8) is 0 Å². The molecule has 6 aromatic rings. The molecule has 150 valence electrons. The van der Waals surface area contributed by atoms with E-state index in [1.165, 1.54) is 37.2 Å². The highest BCUT2D eigenvalue weighted by atomic mass is 32.1. The normalized spacial score (nSPS) is 11.7. The first-order valence-electron chi connectivity index (χ1n) is 10.5. The molecule has 3 heteroatoms. The Bertz CT molecular complexity index is 1600. The molecule has 0 aliphatic heterocycles. The van der Waals surface area contributed by atoms with Gasteiger partial charge in [0, 0.05) is 37.5 Å². The highest BCUT2D eigenvalue weighted by molar-refractivity contribution is 7.22. The second-order valence-corrected chi connectivity index (χ2v) is 9.36. The number of aromatic nitrogens is 1. The molecule has 0 aliphatic rings. The van der Waals surface area contributed by atoms with Gasteiger partial charge in [0.25, 0.3) is 0 Å². The molecule has 3 aromatic heterocycles. The highest BCUT2D eigenvalue weighted by Gasteiger charge is 2.15. The number of benzene rings is 3. The Kier molecular flexibility index (Phi) is 4.02. The lowest BCUT2D eigenvalue weighted by Gasteiger charge is -2.09. The fraction of sp³-hybridized carbons (Fsp3) is 0.107. The van der Waals surface area contributed by atoms with Crippen molar-refractivity contribution in [2.24, 2.45) is 0 Å². The van der Waals surface area contributed by atoms with Crippen LogP contribution >= 0.6 is 11.3 Å². The van der Waals surface area contributed by atoms with Crippen LogP contribution in [0.15, 0.2) is 77.3 Å². The van der Waals surface area contributed by atoms with Gasteiger partial charge in [-0.3, -0.25) is 4.98 Å². The summed E-state index contributed by atoms with van der Waals surface area (Å²) < 4.78 is 7.47. The molecule has 0 aliphatic carbocycles. The number of furan rings is 1. The van der Waals surface area contributed by atoms with Crippen molar-refractivity contribution in [3.05, 3.63) is 89.6 Å². The van der Waals surface area contributed by atoms with E-state index in [-0.39, 0.29) is 0 Å². The lowest BCUT2D eigenvalue weighted by molar-refractivity contribution is 0.670. The van der Waals surface area contributed by atoms with Crippen LogP contribution in [0.3, 0.4) is 0 Å². The predicted molar refractivity (Wildman–Crippen MR) is 132 cm³/mol. The molecule has 0 bridgehead atoms. The number of rotatable bonds is 2. The third-order valence-corrected chi connectivity index (χ3v) is 7.12. The third-order valence-electron chi connectivity index (χ3n) is 6.01. The minimum atomic E-state index is 0.901. The Morgan fingerprint density at radius 1 is 0.806 bits per heavy atom. The molecular formula is C28H21NOS. The molecule has 3 aromatic carbocycles. The second kappa shape index (κ2) is 6.79. The average Bonchev–Trinajstić information content (AvgIpc) is 3.33. The van der Waals surface area contributed by atoms with Gasteiger partial charge in [-0.15, -0.1) is 11.3 Å². The summed E-state index contributed by atoms with van der Waals surface area (Å²) in [6.07, 6.45) is 1.99. The van der Waals surface area contributed by atoms with Crippen LogP contribution in [0, 0.1) is 20.8 Å². The Labute approximate surface area is 184 Å². The quantitative estimate of drug-likeness (QED) is 0.281. The van der Waals surface area contributed by atoms with Gasteiger partial charge in [-0.1, -0.05) is 48.0 Å². The van der Waals surface area contributed by atoms with Gasteiger partial charge in [0.15, 0.2) is 0 Å². The zero-order chi connectivity index (χ0) is 21.1. The summed E-state index contributed by atoms with van der Waals surface area (Å²) in [5, 5.41) is 3.46. The maximum absolute atomic E-state index is 6.23. The summed E-state index contributed by atoms with van der Waals surface area (Å²) in [5.74, 6) is 0. The largest absolute Gasteiger partial charge is 0.455 e. The minimum Gasteiger partial charge on any atom is -0.455 e. The Hall–Kier alpha value is -3.43. The number of pyridine rings is 1. The standard InChI is InChI=1S/C28H21NOS/c1-16-11-17(2)27(18(3)12-16)26-13-19-15-29-23(14-25(19)31-26)22-9-6-8-21-20-7-4-5-10-24(20)30-28(21)22/h4-15H,1-3H3. The fourth-order valence-electron chi connectivity index (χ4n) is 4.72. The van der Waals surface area contributed by atoms with Gasteiger partial charge in [0.1, 0.15) is 11.2 Å². The Morgan fingerprint density at radius 3 is 2.42 bits per heavy atom. The van der Waals surface area contributed by atoms with E-state index in [4.69, 9.17) is 9.40 Å². The summed E-state index contributed by atoms with van der Waals surface area (Å²) in [5.41, 5.74) is 9.09. The first-order chi connectivity index (χ1) is 15.1. The Balaban J connectivity index is 1.53. The molecule has 6 rings (SSSR count). The van der Waals surface area contributed by atoms with Crippen molar-refractivity contribution in [1.29, 1.82) is 0 Å². The molecule has 0 fully saturated rings. The van der Waals surface area contributed by atoms with Gasteiger partial charge in [0.05, 0.1) is 5.69 Å². The molecule has 0 N–H and O–H groups in total. The molecule has 0 amide bonds. The van der Waals surface area contributed by atoms with Crippen molar-refractivity contribution in [2.75, 3.05) is 0 Å². The van der Waals surface area contributed by atoms with E-state index in [0.29, 0.717) is 0 Å². The maximum Gasteiger partial charge on any atom is 0.144 e. The SMILES string of the molecule is Cc1cc(C)c(-c2cc3cnc(-c4cccc5c4oc4ccccc45)cc3s2)c(C)c1. The smallest absolute Gasteiger partial charge is 0.144 e. The van der Waals surface area contributed by atoms with E-state index < -0.39 is 0 Å². The topological polar surface area (TPSA) is 26.0 Å². The van der Waals surface area contributed by atoms with Crippen molar-refractivity contribution < 1.29 is 4.42 Å². The van der Waals surface area contributed by atoms with Crippen LogP contribution in [0.25, 0.3) is 53.7 Å². The molecule has 0 unspecified atom stereocenters. The predicted octanol–water partition coefficient (Wildman–Crippen LogP) is 8.45.